The molecule has 1 amide bonds. The summed E-state index contributed by atoms with van der Waals surface area (Å²) < 4.78 is 12.3. The van der Waals surface area contributed by atoms with Gasteiger partial charge in [0.05, 0.1) is 12.7 Å². The van der Waals surface area contributed by atoms with Crippen LogP contribution in [0.1, 0.15) is 21.7 Å². The molecule has 0 spiro atoms. The normalized spacial score (nSPS) is 10.4. The summed E-state index contributed by atoms with van der Waals surface area (Å²) in [6.45, 7) is 3.69. The molecule has 2 aromatic carbocycles. The van der Waals surface area contributed by atoms with Crippen molar-refractivity contribution >= 4 is 17.6 Å². The quantitative estimate of drug-likeness (QED) is 0.661. The monoisotopic (exact) mass is 378 g/mol. The lowest BCUT2D eigenvalue weighted by molar-refractivity contribution is -0.119. The summed E-state index contributed by atoms with van der Waals surface area (Å²) in [5, 5.41) is 2.67. The molecule has 3 rings (SSSR count). The zero-order valence-electron chi connectivity index (χ0n) is 16.1. The van der Waals surface area contributed by atoms with E-state index in [0.717, 1.165) is 17.1 Å². The number of ether oxygens (including phenoxy) is 2. The Morgan fingerprint density at radius 3 is 2.07 bits per heavy atom. The molecule has 0 saturated carbocycles. The van der Waals surface area contributed by atoms with Crippen LogP contribution in [0.15, 0.2) is 60.7 Å². The number of aryl methyl sites for hydroxylation is 2. The number of nitrogens with zero attached hydrogens (tertiary/aromatic N) is 1. The number of methoxy groups -OCH3 is 1. The largest absolute Gasteiger partial charge is 0.497 e. The highest BCUT2D eigenvalue weighted by Crippen LogP contribution is 2.17. The average molecular weight is 378 g/mol. The van der Waals surface area contributed by atoms with Crippen LogP contribution in [-0.4, -0.2) is 30.2 Å². The third-order valence-corrected chi connectivity index (χ3v) is 4.34. The zero-order chi connectivity index (χ0) is 20.1. The number of hydrogen-bond acceptors (Lipinski definition) is 4. The third kappa shape index (κ3) is 4.40. The predicted octanol–water partition coefficient (Wildman–Crippen LogP) is 3.90. The third-order valence-electron chi connectivity index (χ3n) is 4.34. The highest BCUT2D eigenvalue weighted by Gasteiger charge is 2.11. The predicted molar refractivity (Wildman–Crippen MR) is 107 cm³/mol. The van der Waals surface area contributed by atoms with Crippen molar-refractivity contribution in [2.24, 2.45) is 0 Å². The van der Waals surface area contributed by atoms with E-state index < -0.39 is 11.9 Å². The fraction of sp³-hybridized carbons (Fsp3) is 0.182. The molecule has 28 heavy (non-hydrogen) atoms. The van der Waals surface area contributed by atoms with Crippen molar-refractivity contribution in [2.75, 3.05) is 19.0 Å². The van der Waals surface area contributed by atoms with E-state index in [9.17, 15) is 9.59 Å². The number of carbonyl (C=O) groups is 2. The molecule has 0 fully saturated rings. The first-order valence-corrected chi connectivity index (χ1v) is 8.84. The highest BCUT2D eigenvalue weighted by molar-refractivity contribution is 5.95. The Balaban J connectivity index is 1.56. The van der Waals surface area contributed by atoms with Crippen LogP contribution in [0, 0.1) is 13.8 Å². The van der Waals surface area contributed by atoms with E-state index >= 15 is 0 Å². The maximum absolute atomic E-state index is 12.2. The Labute approximate surface area is 163 Å². The van der Waals surface area contributed by atoms with Crippen LogP contribution in [0.25, 0.3) is 5.69 Å². The van der Waals surface area contributed by atoms with Gasteiger partial charge in [-0.05, 0) is 74.5 Å². The fourth-order valence-electron chi connectivity index (χ4n) is 2.91. The van der Waals surface area contributed by atoms with Crippen LogP contribution in [0.3, 0.4) is 0 Å². The Morgan fingerprint density at radius 1 is 0.893 bits per heavy atom. The van der Waals surface area contributed by atoms with Gasteiger partial charge in [0.15, 0.2) is 6.61 Å². The van der Waals surface area contributed by atoms with Gasteiger partial charge in [-0.25, -0.2) is 4.79 Å². The van der Waals surface area contributed by atoms with E-state index in [1.54, 1.807) is 43.5 Å². The van der Waals surface area contributed by atoms with Gasteiger partial charge in [-0.3, -0.25) is 4.79 Å². The summed E-state index contributed by atoms with van der Waals surface area (Å²) in [6.07, 6.45) is 0. The van der Waals surface area contributed by atoms with Crippen molar-refractivity contribution in [1.82, 2.24) is 4.57 Å². The number of amides is 1. The lowest BCUT2D eigenvalue weighted by Gasteiger charge is -2.10. The van der Waals surface area contributed by atoms with E-state index in [0.29, 0.717) is 17.0 Å². The molecule has 0 radical (unpaired) electrons. The van der Waals surface area contributed by atoms with Gasteiger partial charge in [-0.15, -0.1) is 0 Å². The van der Waals surface area contributed by atoms with Gasteiger partial charge in [0.1, 0.15) is 5.75 Å². The van der Waals surface area contributed by atoms with E-state index in [1.807, 2.05) is 38.1 Å². The van der Waals surface area contributed by atoms with Gasteiger partial charge >= 0.3 is 5.97 Å². The number of benzene rings is 2. The minimum Gasteiger partial charge on any atom is -0.497 e. The first kappa shape index (κ1) is 19.2. The molecule has 6 heteroatoms. The Bertz CT molecular complexity index is 953. The number of rotatable bonds is 6. The zero-order valence-corrected chi connectivity index (χ0v) is 16.1. The standard InChI is InChI=1S/C22H22N2O4/c1-15-4-5-16(2)24(15)19-10-6-17(7-11-19)22(26)28-14-21(25)23-18-8-12-20(27-3)13-9-18/h4-13H,14H2,1-3H3,(H,23,25). The van der Waals surface area contributed by atoms with Crippen molar-refractivity contribution in [2.45, 2.75) is 13.8 Å². The molecule has 0 bridgehead atoms. The van der Waals surface area contributed by atoms with Gasteiger partial charge in [0.2, 0.25) is 0 Å². The second-order valence-corrected chi connectivity index (χ2v) is 6.35. The van der Waals surface area contributed by atoms with Crippen LogP contribution in [-0.2, 0) is 9.53 Å². The molecule has 0 atom stereocenters. The number of anilines is 1. The second-order valence-electron chi connectivity index (χ2n) is 6.35. The minimum atomic E-state index is -0.544. The maximum atomic E-state index is 12.2. The summed E-state index contributed by atoms with van der Waals surface area (Å²) in [7, 11) is 1.57. The molecular weight excluding hydrogens is 356 g/mol. The first-order valence-electron chi connectivity index (χ1n) is 8.84. The van der Waals surface area contributed by atoms with Gasteiger partial charge in [-0.1, -0.05) is 0 Å². The molecule has 144 valence electrons. The molecule has 0 saturated heterocycles. The number of carbonyl (C=O) groups excluding carboxylic acids is 2. The number of nitrogens with one attached hydrogen (secondary N) is 1. The van der Waals surface area contributed by atoms with Gasteiger partial charge in [0.25, 0.3) is 5.91 Å². The molecule has 0 aliphatic rings. The Kier molecular flexibility index (Phi) is 5.79. The SMILES string of the molecule is COc1ccc(NC(=O)COC(=O)c2ccc(-n3c(C)ccc3C)cc2)cc1. The van der Waals surface area contributed by atoms with Crippen molar-refractivity contribution in [1.29, 1.82) is 0 Å². The van der Waals surface area contributed by atoms with Gasteiger partial charge < -0.3 is 19.4 Å². The molecule has 0 aliphatic heterocycles. The molecule has 6 nitrogen and oxygen atoms in total. The van der Waals surface area contributed by atoms with E-state index in [1.165, 1.54) is 0 Å². The van der Waals surface area contributed by atoms with E-state index in [-0.39, 0.29) is 6.61 Å². The molecule has 0 unspecified atom stereocenters. The summed E-state index contributed by atoms with van der Waals surface area (Å²) in [5.74, 6) is -0.260. The van der Waals surface area contributed by atoms with Crippen molar-refractivity contribution in [3.63, 3.8) is 0 Å². The summed E-state index contributed by atoms with van der Waals surface area (Å²) >= 11 is 0. The lowest BCUT2D eigenvalue weighted by Crippen LogP contribution is -2.20. The number of esters is 1. The van der Waals surface area contributed by atoms with E-state index in [2.05, 4.69) is 9.88 Å². The minimum absolute atomic E-state index is 0.359. The van der Waals surface area contributed by atoms with Crippen LogP contribution in [0.2, 0.25) is 0 Å². The van der Waals surface area contributed by atoms with Crippen molar-refractivity contribution < 1.29 is 19.1 Å². The van der Waals surface area contributed by atoms with Crippen LogP contribution < -0.4 is 10.1 Å². The highest BCUT2D eigenvalue weighted by atomic mass is 16.5. The number of aromatic nitrogens is 1. The van der Waals surface area contributed by atoms with Crippen molar-refractivity contribution in [3.05, 3.63) is 77.6 Å². The van der Waals surface area contributed by atoms with Crippen molar-refractivity contribution in [3.8, 4) is 11.4 Å². The Hall–Kier alpha value is -3.54. The van der Waals surface area contributed by atoms with Crippen LogP contribution >= 0.6 is 0 Å². The fourth-order valence-corrected chi connectivity index (χ4v) is 2.91. The smallest absolute Gasteiger partial charge is 0.338 e. The second kappa shape index (κ2) is 8.43. The first-order chi connectivity index (χ1) is 13.5. The molecular formula is C22H22N2O4. The van der Waals surface area contributed by atoms with Gasteiger partial charge in [0, 0.05) is 22.8 Å². The van der Waals surface area contributed by atoms with Crippen LogP contribution in [0.4, 0.5) is 5.69 Å². The molecule has 0 aliphatic carbocycles. The number of hydrogen-bond donors (Lipinski definition) is 1. The lowest BCUT2D eigenvalue weighted by atomic mass is 10.2. The molecule has 1 heterocycles. The molecule has 1 N–H and O–H groups in total. The average Bonchev–Trinajstić information content (AvgIpc) is 3.05. The van der Waals surface area contributed by atoms with Crippen LogP contribution in [0.5, 0.6) is 5.75 Å². The molecule has 1 aromatic heterocycles. The summed E-state index contributed by atoms with van der Waals surface area (Å²) in [6, 6.07) is 18.1. The topological polar surface area (TPSA) is 69.6 Å². The summed E-state index contributed by atoms with van der Waals surface area (Å²) in [5.41, 5.74) is 4.19. The molecule has 3 aromatic rings. The Morgan fingerprint density at radius 2 is 1.50 bits per heavy atom. The maximum Gasteiger partial charge on any atom is 0.338 e. The van der Waals surface area contributed by atoms with Gasteiger partial charge in [-0.2, -0.15) is 0 Å². The summed E-state index contributed by atoms with van der Waals surface area (Å²) in [4.78, 5) is 24.2. The van der Waals surface area contributed by atoms with E-state index in [4.69, 9.17) is 9.47 Å².